The van der Waals surface area contributed by atoms with Crippen molar-refractivity contribution in [3.8, 4) is 0 Å². The highest BCUT2D eigenvalue weighted by Gasteiger charge is 1.86. The summed E-state index contributed by atoms with van der Waals surface area (Å²) in [5.41, 5.74) is 5.85. The van der Waals surface area contributed by atoms with Crippen LogP contribution in [-0.2, 0) is 0 Å². The molecule has 0 saturated carbocycles. The predicted octanol–water partition coefficient (Wildman–Crippen LogP) is 1.69. The molecular weight excluding hydrogens is 148 g/mol. The average Bonchev–Trinajstić information content (AvgIpc) is 2.15. The summed E-state index contributed by atoms with van der Waals surface area (Å²) < 4.78 is 0. The van der Waals surface area contributed by atoms with Crippen molar-refractivity contribution >= 4 is 0 Å². The van der Waals surface area contributed by atoms with Gasteiger partial charge in [-0.25, -0.2) is 0 Å². The van der Waals surface area contributed by atoms with Crippen molar-refractivity contribution in [3.05, 3.63) is 23.8 Å². The van der Waals surface area contributed by atoms with Gasteiger partial charge in [-0.2, -0.15) is 0 Å². The predicted molar refractivity (Wildman–Crippen MR) is 57.2 cm³/mol. The normalized spacial score (nSPS) is 11.2. The second-order valence-electron chi connectivity index (χ2n) is 2.14. The highest BCUT2D eigenvalue weighted by atomic mass is 14.8. The molecule has 0 saturated heterocycles. The van der Waals surface area contributed by atoms with Gasteiger partial charge in [0.05, 0.1) is 0 Å². The van der Waals surface area contributed by atoms with Gasteiger partial charge in [-0.3, -0.25) is 0 Å². The van der Waals surface area contributed by atoms with E-state index in [2.05, 4.69) is 43.1 Å². The monoisotopic (exact) mass is 170 g/mol. The minimum Gasteiger partial charge on any atom is -0.333 e. The molecule has 0 aliphatic heterocycles. The van der Waals surface area contributed by atoms with Gasteiger partial charge in [0.2, 0.25) is 0 Å². The second kappa shape index (κ2) is 13.0. The number of likely N-dealkylation sites (N-methyl/N-ethyl adjacent to an activating group) is 1. The Labute approximate surface area is 76.5 Å². The van der Waals surface area contributed by atoms with Crippen LogP contribution in [0.15, 0.2) is 23.8 Å². The Hall–Kier alpha value is -0.600. The molecule has 0 fully saturated rings. The minimum absolute atomic E-state index is 0.983. The van der Waals surface area contributed by atoms with Gasteiger partial charge in [-0.05, 0) is 33.0 Å². The molecule has 0 aromatic heterocycles. The zero-order chi connectivity index (χ0) is 9.82. The maximum atomic E-state index is 4.50. The van der Waals surface area contributed by atoms with Gasteiger partial charge in [-0.1, -0.05) is 25.2 Å². The molecule has 2 nitrogen and oxygen atoms in total. The van der Waals surface area contributed by atoms with E-state index >= 15 is 0 Å². The van der Waals surface area contributed by atoms with E-state index in [0.29, 0.717) is 0 Å². The maximum absolute atomic E-state index is 4.50. The van der Waals surface area contributed by atoms with Crippen LogP contribution in [-0.4, -0.2) is 20.1 Å². The van der Waals surface area contributed by atoms with E-state index in [1.165, 1.54) is 12.6 Å². The quantitative estimate of drug-likeness (QED) is 0.630. The molecule has 0 aliphatic rings. The molecule has 0 unspecified atom stereocenters. The fourth-order valence-corrected chi connectivity index (χ4v) is 0.741. The molecule has 0 atom stereocenters. The Morgan fingerprint density at radius 1 is 1.33 bits per heavy atom. The minimum atomic E-state index is 0.983. The Bertz CT molecular complexity index is 126. The van der Waals surface area contributed by atoms with Crippen molar-refractivity contribution < 1.29 is 0 Å². The molecule has 2 heteroatoms. The van der Waals surface area contributed by atoms with Crippen LogP contribution in [0.5, 0.6) is 0 Å². The summed E-state index contributed by atoms with van der Waals surface area (Å²) in [4.78, 5) is 0. The molecule has 0 aromatic rings. The van der Waals surface area contributed by atoms with Gasteiger partial charge < -0.3 is 11.1 Å². The zero-order valence-corrected chi connectivity index (χ0v) is 8.72. The van der Waals surface area contributed by atoms with E-state index < -0.39 is 0 Å². The SMILES string of the molecule is C/C=C\C(=C/C)CNCC.CN. The summed E-state index contributed by atoms with van der Waals surface area (Å²) in [6.45, 7) is 8.23. The number of hydrogen-bond donors (Lipinski definition) is 2. The van der Waals surface area contributed by atoms with Crippen molar-refractivity contribution in [3.63, 3.8) is 0 Å². The third kappa shape index (κ3) is 9.40. The van der Waals surface area contributed by atoms with E-state index in [-0.39, 0.29) is 0 Å². The summed E-state index contributed by atoms with van der Waals surface area (Å²) in [5, 5.41) is 3.26. The number of nitrogens with one attached hydrogen (secondary N) is 1. The Kier molecular flexibility index (Phi) is 15.1. The maximum Gasteiger partial charge on any atom is 0.0201 e. The smallest absolute Gasteiger partial charge is 0.0201 e. The van der Waals surface area contributed by atoms with Crippen LogP contribution in [0.3, 0.4) is 0 Å². The summed E-state index contributed by atoms with van der Waals surface area (Å²) in [6, 6.07) is 0. The van der Waals surface area contributed by atoms with Crippen molar-refractivity contribution in [2.45, 2.75) is 20.8 Å². The molecule has 3 N–H and O–H groups in total. The molecule has 0 amide bonds. The van der Waals surface area contributed by atoms with Gasteiger partial charge in [-0.15, -0.1) is 0 Å². The van der Waals surface area contributed by atoms with Crippen molar-refractivity contribution in [2.24, 2.45) is 5.73 Å². The van der Waals surface area contributed by atoms with Crippen LogP contribution in [0.2, 0.25) is 0 Å². The van der Waals surface area contributed by atoms with Crippen LogP contribution in [0, 0.1) is 0 Å². The molecule has 72 valence electrons. The van der Waals surface area contributed by atoms with E-state index in [1.807, 2.05) is 6.92 Å². The largest absolute Gasteiger partial charge is 0.333 e. The van der Waals surface area contributed by atoms with Gasteiger partial charge in [0.15, 0.2) is 0 Å². The molecule has 0 heterocycles. The standard InChI is InChI=1S/C9H17N.CH5N/c1-4-7-9(5-2)8-10-6-3;1-2/h4-5,7,10H,6,8H2,1-3H3;2H2,1H3/b7-4-,9-5+;. The fourth-order valence-electron chi connectivity index (χ4n) is 0.741. The molecule has 0 rings (SSSR count). The van der Waals surface area contributed by atoms with Crippen LogP contribution in [0.1, 0.15) is 20.8 Å². The van der Waals surface area contributed by atoms with E-state index in [9.17, 15) is 0 Å². The summed E-state index contributed by atoms with van der Waals surface area (Å²) in [7, 11) is 1.50. The van der Waals surface area contributed by atoms with Crippen molar-refractivity contribution in [1.29, 1.82) is 0 Å². The Morgan fingerprint density at radius 3 is 2.25 bits per heavy atom. The topological polar surface area (TPSA) is 38.0 Å². The number of rotatable bonds is 4. The lowest BCUT2D eigenvalue weighted by molar-refractivity contribution is 0.784. The Balaban J connectivity index is 0. The molecule has 12 heavy (non-hydrogen) atoms. The molecule has 0 aliphatic carbocycles. The first kappa shape index (κ1) is 14.0. The van der Waals surface area contributed by atoms with Gasteiger partial charge >= 0.3 is 0 Å². The summed E-state index contributed by atoms with van der Waals surface area (Å²) >= 11 is 0. The van der Waals surface area contributed by atoms with E-state index in [0.717, 1.165) is 13.1 Å². The average molecular weight is 170 g/mol. The van der Waals surface area contributed by atoms with Gasteiger partial charge in [0.25, 0.3) is 0 Å². The fraction of sp³-hybridized carbons (Fsp3) is 0.600. The van der Waals surface area contributed by atoms with E-state index in [4.69, 9.17) is 0 Å². The molecule has 0 aromatic carbocycles. The number of nitrogens with two attached hydrogens (primary N) is 1. The highest BCUT2D eigenvalue weighted by Crippen LogP contribution is 1.93. The zero-order valence-electron chi connectivity index (χ0n) is 8.72. The molecule has 0 bridgehead atoms. The highest BCUT2D eigenvalue weighted by molar-refractivity contribution is 5.18. The lowest BCUT2D eigenvalue weighted by atomic mass is 10.2. The summed E-state index contributed by atoms with van der Waals surface area (Å²) in [5.74, 6) is 0. The lowest BCUT2D eigenvalue weighted by Gasteiger charge is -2.00. The number of hydrogen-bond acceptors (Lipinski definition) is 2. The van der Waals surface area contributed by atoms with Crippen LogP contribution < -0.4 is 11.1 Å². The first-order valence-corrected chi connectivity index (χ1v) is 4.41. The first-order valence-electron chi connectivity index (χ1n) is 4.41. The Morgan fingerprint density at radius 2 is 1.92 bits per heavy atom. The second-order valence-corrected chi connectivity index (χ2v) is 2.14. The molecule has 0 spiro atoms. The lowest BCUT2D eigenvalue weighted by Crippen LogP contribution is -2.15. The molecular formula is C10H22N2. The van der Waals surface area contributed by atoms with Gasteiger partial charge in [0, 0.05) is 6.54 Å². The van der Waals surface area contributed by atoms with Crippen molar-refractivity contribution in [1.82, 2.24) is 5.32 Å². The van der Waals surface area contributed by atoms with Crippen molar-refractivity contribution in [2.75, 3.05) is 20.1 Å². The molecule has 0 radical (unpaired) electrons. The third-order valence-electron chi connectivity index (χ3n) is 1.33. The van der Waals surface area contributed by atoms with E-state index in [1.54, 1.807) is 0 Å². The van der Waals surface area contributed by atoms with Crippen LogP contribution in [0.25, 0.3) is 0 Å². The first-order chi connectivity index (χ1) is 5.85. The third-order valence-corrected chi connectivity index (χ3v) is 1.33. The van der Waals surface area contributed by atoms with Gasteiger partial charge in [0.1, 0.15) is 0 Å². The van der Waals surface area contributed by atoms with Crippen LogP contribution in [0.4, 0.5) is 0 Å². The summed E-state index contributed by atoms with van der Waals surface area (Å²) in [6.07, 6.45) is 6.32. The number of allylic oxidation sites excluding steroid dienone is 2. The van der Waals surface area contributed by atoms with Crippen LogP contribution >= 0.6 is 0 Å².